The van der Waals surface area contributed by atoms with E-state index in [1.807, 2.05) is 54.6 Å². The third kappa shape index (κ3) is 1.83. The zero-order chi connectivity index (χ0) is 15.1. The van der Waals surface area contributed by atoms with Crippen molar-refractivity contribution >= 4 is 22.7 Å². The van der Waals surface area contributed by atoms with Gasteiger partial charge in [0.05, 0.1) is 5.57 Å². The van der Waals surface area contributed by atoms with E-state index in [-0.39, 0.29) is 17.3 Å². The van der Waals surface area contributed by atoms with Crippen LogP contribution in [-0.2, 0) is 20.9 Å². The summed E-state index contributed by atoms with van der Waals surface area (Å²) in [5, 5.41) is 0. The first-order valence-corrected chi connectivity index (χ1v) is 7.07. The minimum atomic E-state index is -0.227. The van der Waals surface area contributed by atoms with Gasteiger partial charge in [0.2, 0.25) is 5.78 Å². The molecule has 0 unspecified atom stereocenters. The maximum atomic E-state index is 12.7. The molecule has 0 amide bonds. The minimum absolute atomic E-state index is 0.171. The number of allylic oxidation sites excluding steroid dienone is 3. The number of Topliss-reactive ketones (excluding diaryl/α,β-unsaturated/α-hetero) is 1. The molecule has 0 N–H and O–H groups in total. The summed E-state index contributed by atoms with van der Waals surface area (Å²) in [5.41, 5.74) is 3.23. The number of fused-ring (bicyclic) bond motifs is 2. The van der Waals surface area contributed by atoms with Crippen LogP contribution in [0, 0.1) is 0 Å². The molecule has 0 bridgehead atoms. The molecule has 0 spiro atoms. The van der Waals surface area contributed by atoms with Gasteiger partial charge in [-0.1, -0.05) is 54.6 Å². The highest BCUT2D eigenvalue weighted by Crippen LogP contribution is 2.37. The first-order chi connectivity index (χ1) is 10.8. The van der Waals surface area contributed by atoms with Crippen LogP contribution in [0.15, 0.2) is 66.4 Å². The van der Waals surface area contributed by atoms with Crippen molar-refractivity contribution in [2.45, 2.75) is 6.61 Å². The standard InChI is InChI=1S/C19H12O3/c20-16-10-15(12-6-2-1-3-7-12)18(21)19-17(16)14-9-5-4-8-13(14)11-22-19/h1-10H,11H2. The smallest absolute Gasteiger partial charge is 0.229 e. The van der Waals surface area contributed by atoms with Crippen LogP contribution >= 0.6 is 0 Å². The quantitative estimate of drug-likeness (QED) is 0.757. The largest absolute Gasteiger partial charge is 0.484 e. The van der Waals surface area contributed by atoms with Crippen LogP contribution in [-0.4, -0.2) is 11.6 Å². The molecule has 1 aliphatic carbocycles. The van der Waals surface area contributed by atoms with E-state index in [0.717, 1.165) is 16.7 Å². The number of ether oxygens (including phenoxy) is 1. The number of hydrogen-bond acceptors (Lipinski definition) is 3. The van der Waals surface area contributed by atoms with Crippen LogP contribution in [0.1, 0.15) is 16.7 Å². The third-order valence-electron chi connectivity index (χ3n) is 3.94. The number of carbonyl (C=O) groups excluding carboxylic acids is 2. The van der Waals surface area contributed by atoms with Crippen LogP contribution in [0.5, 0.6) is 0 Å². The second-order valence-electron chi connectivity index (χ2n) is 5.27. The number of carbonyl (C=O) groups is 2. The van der Waals surface area contributed by atoms with Gasteiger partial charge in [0.15, 0.2) is 11.5 Å². The fourth-order valence-corrected chi connectivity index (χ4v) is 2.88. The maximum absolute atomic E-state index is 12.7. The molecule has 0 saturated heterocycles. The first kappa shape index (κ1) is 12.8. The summed E-state index contributed by atoms with van der Waals surface area (Å²) in [6, 6.07) is 16.7. The molecule has 0 saturated carbocycles. The van der Waals surface area contributed by atoms with Gasteiger partial charge < -0.3 is 4.74 Å². The van der Waals surface area contributed by atoms with Crippen LogP contribution in [0.25, 0.3) is 11.1 Å². The van der Waals surface area contributed by atoms with Gasteiger partial charge in [0.1, 0.15) is 6.61 Å². The molecule has 0 fully saturated rings. The lowest BCUT2D eigenvalue weighted by molar-refractivity contribution is -0.116. The molecule has 0 atom stereocenters. The summed E-state index contributed by atoms with van der Waals surface area (Å²) < 4.78 is 5.61. The van der Waals surface area contributed by atoms with E-state index in [9.17, 15) is 9.59 Å². The Hall–Kier alpha value is -2.94. The Labute approximate surface area is 127 Å². The lowest BCUT2D eigenvalue weighted by Crippen LogP contribution is -2.23. The van der Waals surface area contributed by atoms with E-state index in [0.29, 0.717) is 17.8 Å². The zero-order valence-corrected chi connectivity index (χ0v) is 11.7. The van der Waals surface area contributed by atoms with E-state index < -0.39 is 0 Å². The predicted octanol–water partition coefficient (Wildman–Crippen LogP) is 3.16. The first-order valence-electron chi connectivity index (χ1n) is 7.07. The van der Waals surface area contributed by atoms with Gasteiger partial charge in [0.25, 0.3) is 0 Å². The molecule has 3 heteroatoms. The van der Waals surface area contributed by atoms with Crippen molar-refractivity contribution in [1.29, 1.82) is 0 Å². The molecular weight excluding hydrogens is 276 g/mol. The van der Waals surface area contributed by atoms with E-state index >= 15 is 0 Å². The van der Waals surface area contributed by atoms with E-state index in [1.165, 1.54) is 6.08 Å². The van der Waals surface area contributed by atoms with Gasteiger partial charge in [-0.2, -0.15) is 0 Å². The lowest BCUT2D eigenvalue weighted by atomic mass is 9.85. The number of ketones is 2. The van der Waals surface area contributed by atoms with Crippen LogP contribution in [0.4, 0.5) is 0 Å². The fourth-order valence-electron chi connectivity index (χ4n) is 2.88. The highest BCUT2D eigenvalue weighted by atomic mass is 16.5. The highest BCUT2D eigenvalue weighted by Gasteiger charge is 2.34. The maximum Gasteiger partial charge on any atom is 0.229 e. The SMILES string of the molecule is O=C1C=C(c2ccccc2)C(=O)C2=C1c1ccccc1CO2. The molecule has 1 aliphatic heterocycles. The van der Waals surface area contributed by atoms with E-state index in [1.54, 1.807) is 0 Å². The summed E-state index contributed by atoms with van der Waals surface area (Å²) >= 11 is 0. The van der Waals surface area contributed by atoms with Gasteiger partial charge >= 0.3 is 0 Å². The van der Waals surface area contributed by atoms with Crippen LogP contribution in [0.3, 0.4) is 0 Å². The highest BCUT2D eigenvalue weighted by molar-refractivity contribution is 6.45. The lowest BCUT2D eigenvalue weighted by Gasteiger charge is -2.25. The number of hydrogen-bond donors (Lipinski definition) is 0. The molecule has 0 radical (unpaired) electrons. The summed E-state index contributed by atoms with van der Waals surface area (Å²) in [6.07, 6.45) is 1.42. The molecule has 0 aromatic heterocycles. The van der Waals surface area contributed by atoms with Gasteiger partial charge in [-0.3, -0.25) is 9.59 Å². The zero-order valence-electron chi connectivity index (χ0n) is 11.7. The summed E-state index contributed by atoms with van der Waals surface area (Å²) in [6.45, 7) is 0.316. The Kier molecular flexibility index (Phi) is 2.79. The Morgan fingerprint density at radius 3 is 2.41 bits per heavy atom. The van der Waals surface area contributed by atoms with Gasteiger partial charge in [-0.05, 0) is 22.8 Å². The van der Waals surface area contributed by atoms with Gasteiger partial charge in [-0.15, -0.1) is 0 Å². The summed E-state index contributed by atoms with van der Waals surface area (Å²) in [7, 11) is 0. The normalized spacial score (nSPS) is 16.6. The summed E-state index contributed by atoms with van der Waals surface area (Å²) in [5.74, 6) is -0.235. The molecule has 2 aliphatic rings. The van der Waals surface area contributed by atoms with E-state index in [4.69, 9.17) is 4.74 Å². The van der Waals surface area contributed by atoms with Crippen molar-refractivity contribution < 1.29 is 14.3 Å². The van der Waals surface area contributed by atoms with Crippen molar-refractivity contribution in [2.75, 3.05) is 0 Å². The molecule has 2 aromatic carbocycles. The van der Waals surface area contributed by atoms with Crippen molar-refractivity contribution in [3.05, 3.63) is 83.1 Å². The Morgan fingerprint density at radius 2 is 1.59 bits per heavy atom. The van der Waals surface area contributed by atoms with Crippen molar-refractivity contribution in [3.63, 3.8) is 0 Å². The Balaban J connectivity index is 1.86. The van der Waals surface area contributed by atoms with Crippen molar-refractivity contribution in [1.82, 2.24) is 0 Å². The number of rotatable bonds is 1. The Morgan fingerprint density at radius 1 is 0.864 bits per heavy atom. The molecule has 2 aromatic rings. The molecule has 3 nitrogen and oxygen atoms in total. The number of benzene rings is 2. The van der Waals surface area contributed by atoms with Crippen LogP contribution in [0.2, 0.25) is 0 Å². The average molecular weight is 288 g/mol. The second kappa shape index (κ2) is 4.81. The minimum Gasteiger partial charge on any atom is -0.484 e. The predicted molar refractivity (Wildman–Crippen MR) is 82.6 cm³/mol. The Bertz CT molecular complexity index is 857. The summed E-state index contributed by atoms with van der Waals surface area (Å²) in [4.78, 5) is 25.3. The molecule has 106 valence electrons. The van der Waals surface area contributed by atoms with E-state index in [2.05, 4.69) is 0 Å². The molecular formula is C19H12O3. The average Bonchev–Trinajstić information content (AvgIpc) is 2.58. The fraction of sp³-hybridized carbons (Fsp3) is 0.0526. The molecule has 22 heavy (non-hydrogen) atoms. The topological polar surface area (TPSA) is 43.4 Å². The van der Waals surface area contributed by atoms with Gasteiger partial charge in [-0.25, -0.2) is 0 Å². The van der Waals surface area contributed by atoms with Crippen molar-refractivity contribution in [2.24, 2.45) is 0 Å². The second-order valence-corrected chi connectivity index (χ2v) is 5.27. The van der Waals surface area contributed by atoms with Crippen LogP contribution < -0.4 is 0 Å². The monoisotopic (exact) mass is 288 g/mol. The molecule has 4 rings (SSSR count). The molecule has 1 heterocycles. The van der Waals surface area contributed by atoms with Crippen molar-refractivity contribution in [3.8, 4) is 0 Å². The van der Waals surface area contributed by atoms with Gasteiger partial charge in [0, 0.05) is 5.57 Å². The third-order valence-corrected chi connectivity index (χ3v) is 3.94.